The lowest BCUT2D eigenvalue weighted by Crippen LogP contribution is -1.98. The van der Waals surface area contributed by atoms with Crippen LogP contribution in [0.5, 0.6) is 11.6 Å². The molecular weight excluding hydrogens is 248 g/mol. The first kappa shape index (κ1) is 12.9. The quantitative estimate of drug-likeness (QED) is 0.919. The first-order valence-electron chi connectivity index (χ1n) is 5.69. The maximum absolute atomic E-state index is 5.98. The molecule has 0 atom stereocenters. The standard InChI is InChI=1S/C14H15ClN2O/c1-9-5-12(15)6-10(2)14(9)18-13-4-3-11(7-16)8-17-13/h3-6,8H,7,16H2,1-2H3. The zero-order valence-electron chi connectivity index (χ0n) is 10.4. The molecule has 0 fully saturated rings. The van der Waals surface area contributed by atoms with E-state index in [1.54, 1.807) is 6.20 Å². The molecule has 2 N–H and O–H groups in total. The Hall–Kier alpha value is -1.58. The van der Waals surface area contributed by atoms with Crippen LogP contribution in [0.25, 0.3) is 0 Å². The summed E-state index contributed by atoms with van der Waals surface area (Å²) in [6, 6.07) is 7.47. The molecule has 0 aliphatic heterocycles. The van der Waals surface area contributed by atoms with E-state index in [0.717, 1.165) is 22.4 Å². The molecule has 0 saturated heterocycles. The van der Waals surface area contributed by atoms with Crippen LogP contribution in [0, 0.1) is 13.8 Å². The molecule has 0 spiro atoms. The van der Waals surface area contributed by atoms with Crippen molar-refractivity contribution in [1.82, 2.24) is 4.98 Å². The fraction of sp³-hybridized carbons (Fsp3) is 0.214. The van der Waals surface area contributed by atoms with Crippen molar-refractivity contribution < 1.29 is 4.74 Å². The third-order valence-electron chi connectivity index (χ3n) is 2.67. The molecule has 0 amide bonds. The lowest BCUT2D eigenvalue weighted by molar-refractivity contribution is 0.455. The zero-order chi connectivity index (χ0) is 13.1. The average molecular weight is 263 g/mol. The lowest BCUT2D eigenvalue weighted by Gasteiger charge is -2.11. The van der Waals surface area contributed by atoms with Gasteiger partial charge < -0.3 is 10.5 Å². The summed E-state index contributed by atoms with van der Waals surface area (Å²) in [6.45, 7) is 4.40. The minimum absolute atomic E-state index is 0.478. The summed E-state index contributed by atoms with van der Waals surface area (Å²) in [7, 11) is 0. The summed E-state index contributed by atoms with van der Waals surface area (Å²) in [4.78, 5) is 4.21. The number of nitrogens with zero attached hydrogens (tertiary/aromatic N) is 1. The third kappa shape index (κ3) is 2.81. The highest BCUT2D eigenvalue weighted by Gasteiger charge is 2.07. The number of ether oxygens (including phenoxy) is 1. The Morgan fingerprint density at radius 3 is 2.39 bits per heavy atom. The summed E-state index contributed by atoms with van der Waals surface area (Å²) >= 11 is 5.98. The van der Waals surface area contributed by atoms with E-state index < -0.39 is 0 Å². The van der Waals surface area contributed by atoms with Crippen LogP contribution in [-0.4, -0.2) is 4.98 Å². The van der Waals surface area contributed by atoms with Gasteiger partial charge in [0.05, 0.1) is 0 Å². The van der Waals surface area contributed by atoms with Gasteiger partial charge >= 0.3 is 0 Å². The van der Waals surface area contributed by atoms with Gasteiger partial charge in [0.1, 0.15) is 5.75 Å². The number of aromatic nitrogens is 1. The molecule has 0 unspecified atom stereocenters. The Labute approximate surface area is 112 Å². The van der Waals surface area contributed by atoms with Gasteiger partial charge in [-0.3, -0.25) is 0 Å². The summed E-state index contributed by atoms with van der Waals surface area (Å²) < 4.78 is 5.78. The number of halogens is 1. The van der Waals surface area contributed by atoms with E-state index in [-0.39, 0.29) is 0 Å². The van der Waals surface area contributed by atoms with Crippen molar-refractivity contribution in [2.75, 3.05) is 0 Å². The van der Waals surface area contributed by atoms with Crippen molar-refractivity contribution in [1.29, 1.82) is 0 Å². The molecule has 2 aromatic rings. The summed E-state index contributed by atoms with van der Waals surface area (Å²) in [6.07, 6.45) is 1.72. The molecule has 2 rings (SSSR count). The maximum Gasteiger partial charge on any atom is 0.219 e. The molecule has 0 radical (unpaired) electrons. The first-order valence-corrected chi connectivity index (χ1v) is 6.07. The fourth-order valence-electron chi connectivity index (χ4n) is 1.76. The SMILES string of the molecule is Cc1cc(Cl)cc(C)c1Oc1ccc(CN)cn1. The van der Waals surface area contributed by atoms with E-state index in [9.17, 15) is 0 Å². The van der Waals surface area contributed by atoms with Crippen molar-refractivity contribution in [2.45, 2.75) is 20.4 Å². The van der Waals surface area contributed by atoms with Crippen LogP contribution in [0.15, 0.2) is 30.5 Å². The molecule has 0 saturated carbocycles. The number of hydrogen-bond acceptors (Lipinski definition) is 3. The number of nitrogens with two attached hydrogens (primary N) is 1. The summed E-state index contributed by atoms with van der Waals surface area (Å²) in [5.74, 6) is 1.35. The molecule has 94 valence electrons. The van der Waals surface area contributed by atoms with Crippen LogP contribution in [-0.2, 0) is 6.54 Å². The summed E-state index contributed by atoms with van der Waals surface area (Å²) in [5, 5.41) is 0.712. The monoisotopic (exact) mass is 262 g/mol. The number of aryl methyl sites for hydroxylation is 2. The van der Waals surface area contributed by atoms with Gasteiger partial charge in [0, 0.05) is 23.8 Å². The summed E-state index contributed by atoms with van der Waals surface area (Å²) in [5.41, 5.74) is 8.48. The molecule has 1 heterocycles. The molecule has 18 heavy (non-hydrogen) atoms. The van der Waals surface area contributed by atoms with Gasteiger partial charge in [-0.1, -0.05) is 17.7 Å². The van der Waals surface area contributed by atoms with Gasteiger partial charge in [-0.05, 0) is 42.7 Å². The zero-order valence-corrected chi connectivity index (χ0v) is 11.2. The Balaban J connectivity index is 2.28. The van der Waals surface area contributed by atoms with Crippen LogP contribution in [0.3, 0.4) is 0 Å². The second-order valence-corrected chi connectivity index (χ2v) is 4.62. The molecule has 4 heteroatoms. The largest absolute Gasteiger partial charge is 0.438 e. The van der Waals surface area contributed by atoms with E-state index in [2.05, 4.69) is 4.98 Å². The highest BCUT2D eigenvalue weighted by Crippen LogP contribution is 2.30. The number of hydrogen-bond donors (Lipinski definition) is 1. The normalized spacial score (nSPS) is 10.4. The molecule has 3 nitrogen and oxygen atoms in total. The molecular formula is C14H15ClN2O. The van der Waals surface area contributed by atoms with Crippen LogP contribution in [0.4, 0.5) is 0 Å². The maximum atomic E-state index is 5.98. The Kier molecular flexibility index (Phi) is 3.84. The van der Waals surface area contributed by atoms with Crippen LogP contribution < -0.4 is 10.5 Å². The Morgan fingerprint density at radius 1 is 1.22 bits per heavy atom. The minimum Gasteiger partial charge on any atom is -0.438 e. The number of rotatable bonds is 3. The second-order valence-electron chi connectivity index (χ2n) is 4.18. The Bertz CT molecular complexity index is 529. The molecule has 0 bridgehead atoms. The highest BCUT2D eigenvalue weighted by molar-refractivity contribution is 6.30. The van der Waals surface area contributed by atoms with Gasteiger partial charge in [-0.2, -0.15) is 0 Å². The Morgan fingerprint density at radius 2 is 1.89 bits per heavy atom. The number of benzene rings is 1. The van der Waals surface area contributed by atoms with Gasteiger partial charge in [0.2, 0.25) is 5.88 Å². The lowest BCUT2D eigenvalue weighted by atomic mass is 10.1. The second kappa shape index (κ2) is 5.38. The van der Waals surface area contributed by atoms with Gasteiger partial charge in [0.25, 0.3) is 0 Å². The van der Waals surface area contributed by atoms with Crippen molar-refractivity contribution in [2.24, 2.45) is 5.73 Å². The minimum atomic E-state index is 0.478. The van der Waals surface area contributed by atoms with Gasteiger partial charge in [-0.15, -0.1) is 0 Å². The van der Waals surface area contributed by atoms with E-state index in [4.69, 9.17) is 22.1 Å². The van der Waals surface area contributed by atoms with Crippen LogP contribution >= 0.6 is 11.6 Å². The number of pyridine rings is 1. The molecule has 0 aliphatic rings. The molecule has 0 aliphatic carbocycles. The van der Waals surface area contributed by atoms with E-state index >= 15 is 0 Å². The highest BCUT2D eigenvalue weighted by atomic mass is 35.5. The first-order chi connectivity index (χ1) is 8.60. The van der Waals surface area contributed by atoms with Gasteiger partial charge in [0.15, 0.2) is 0 Å². The molecule has 1 aromatic heterocycles. The van der Waals surface area contributed by atoms with Gasteiger partial charge in [-0.25, -0.2) is 4.98 Å². The van der Waals surface area contributed by atoms with Crippen LogP contribution in [0.1, 0.15) is 16.7 Å². The van der Waals surface area contributed by atoms with Crippen molar-refractivity contribution in [3.05, 3.63) is 52.2 Å². The fourth-order valence-corrected chi connectivity index (χ4v) is 2.08. The van der Waals surface area contributed by atoms with E-state index in [1.807, 2.05) is 38.1 Å². The predicted molar refractivity (Wildman–Crippen MR) is 73.1 cm³/mol. The third-order valence-corrected chi connectivity index (χ3v) is 2.88. The smallest absolute Gasteiger partial charge is 0.219 e. The van der Waals surface area contributed by atoms with E-state index in [1.165, 1.54) is 0 Å². The average Bonchev–Trinajstić information content (AvgIpc) is 2.34. The van der Waals surface area contributed by atoms with Crippen molar-refractivity contribution >= 4 is 11.6 Å². The molecule has 1 aromatic carbocycles. The predicted octanol–water partition coefficient (Wildman–Crippen LogP) is 3.60. The van der Waals surface area contributed by atoms with E-state index in [0.29, 0.717) is 17.4 Å². The van der Waals surface area contributed by atoms with Crippen molar-refractivity contribution in [3.63, 3.8) is 0 Å². The topological polar surface area (TPSA) is 48.1 Å². The van der Waals surface area contributed by atoms with Crippen LogP contribution in [0.2, 0.25) is 5.02 Å². The van der Waals surface area contributed by atoms with Crippen molar-refractivity contribution in [3.8, 4) is 11.6 Å².